The van der Waals surface area contributed by atoms with E-state index >= 15 is 0 Å². The lowest BCUT2D eigenvalue weighted by Crippen LogP contribution is -1.97. The maximum absolute atomic E-state index is 13.9. The van der Waals surface area contributed by atoms with Gasteiger partial charge in [-0.3, -0.25) is 0 Å². The Kier molecular flexibility index (Phi) is 7.83. The van der Waals surface area contributed by atoms with Crippen LogP contribution in [0.2, 0.25) is 0 Å². The van der Waals surface area contributed by atoms with Crippen LogP contribution in [0.3, 0.4) is 0 Å². The monoisotopic (exact) mass is 750 g/mol. The highest BCUT2D eigenvalue weighted by Crippen LogP contribution is 2.39. The van der Waals surface area contributed by atoms with Crippen LogP contribution in [0.15, 0.2) is 194 Å². The van der Waals surface area contributed by atoms with Gasteiger partial charge in [0.2, 0.25) is 0 Å². The van der Waals surface area contributed by atoms with Gasteiger partial charge in [-0.2, -0.15) is 0 Å². The van der Waals surface area contributed by atoms with Gasteiger partial charge in [-0.15, -0.1) is 0 Å². The second-order valence-corrected chi connectivity index (χ2v) is 14.5. The SMILES string of the molecule is Fc1ccc(-c2cc(-c3ccc(-n4c5ccccc5c5ccc(-c6ccc7c(c6)c6ccccc6n7-c6ccccc6)cc54)cc3)nc(-c3ccc(F)cc3)n2)cc1. The number of fused-ring (bicyclic) bond motifs is 6. The van der Waals surface area contributed by atoms with E-state index in [1.807, 2.05) is 6.07 Å². The van der Waals surface area contributed by atoms with Gasteiger partial charge in [0.05, 0.1) is 33.5 Å². The summed E-state index contributed by atoms with van der Waals surface area (Å²) in [6, 6.07) is 63.9. The first-order valence-corrected chi connectivity index (χ1v) is 19.2. The van der Waals surface area contributed by atoms with Gasteiger partial charge >= 0.3 is 0 Å². The topological polar surface area (TPSA) is 35.6 Å². The van der Waals surface area contributed by atoms with E-state index in [0.717, 1.165) is 44.7 Å². The molecule has 11 rings (SSSR count). The minimum Gasteiger partial charge on any atom is -0.309 e. The Morgan fingerprint density at radius 1 is 0.310 bits per heavy atom. The Bertz CT molecular complexity index is 3270. The molecule has 8 aromatic carbocycles. The zero-order valence-electron chi connectivity index (χ0n) is 31.0. The van der Waals surface area contributed by atoms with E-state index in [4.69, 9.17) is 9.97 Å². The highest BCUT2D eigenvalue weighted by atomic mass is 19.1. The number of nitrogens with zero attached hydrogens (tertiary/aromatic N) is 4. The standard InChI is InChI=1S/C52H32F2N4/c53-38-22-14-33(15-23-38)46-32-47(56-52(55-46)35-16-24-39(54)25-17-35)34-18-26-41(27-19-34)58-48-12-6-4-10-42(48)44-28-20-37(31-51(44)58)36-21-29-50-45(30-36)43-11-5-7-13-49(43)57(50)40-8-2-1-3-9-40/h1-32H. The minimum atomic E-state index is -0.334. The molecule has 0 aliphatic rings. The molecule has 0 bridgehead atoms. The number of hydrogen-bond donors (Lipinski definition) is 0. The van der Waals surface area contributed by atoms with E-state index in [9.17, 15) is 8.78 Å². The van der Waals surface area contributed by atoms with E-state index in [-0.39, 0.29) is 11.6 Å². The number of rotatable bonds is 6. The summed E-state index contributed by atoms with van der Waals surface area (Å²) in [6.07, 6.45) is 0. The van der Waals surface area contributed by atoms with E-state index in [1.54, 1.807) is 24.3 Å². The van der Waals surface area contributed by atoms with Crippen LogP contribution in [0, 0.1) is 11.6 Å². The molecule has 58 heavy (non-hydrogen) atoms. The Morgan fingerprint density at radius 3 is 1.41 bits per heavy atom. The quantitative estimate of drug-likeness (QED) is 0.170. The fraction of sp³-hybridized carbons (Fsp3) is 0. The number of halogens is 2. The largest absolute Gasteiger partial charge is 0.309 e. The molecule has 3 aromatic heterocycles. The van der Waals surface area contributed by atoms with Gasteiger partial charge in [0.15, 0.2) is 5.82 Å². The molecular formula is C52H32F2N4. The Hall–Kier alpha value is -7.70. The number of benzene rings is 8. The molecule has 0 atom stereocenters. The molecule has 0 spiro atoms. The van der Waals surface area contributed by atoms with E-state index in [1.165, 1.54) is 56.8 Å². The second-order valence-electron chi connectivity index (χ2n) is 14.5. The molecule has 0 unspecified atom stereocenters. The molecule has 6 heteroatoms. The first kappa shape index (κ1) is 33.6. The zero-order valence-corrected chi connectivity index (χ0v) is 31.0. The van der Waals surface area contributed by atoms with Gasteiger partial charge in [0, 0.05) is 49.6 Å². The third-order valence-electron chi connectivity index (χ3n) is 11.1. The molecule has 11 aromatic rings. The molecular weight excluding hydrogens is 719 g/mol. The molecule has 0 radical (unpaired) electrons. The molecule has 0 aliphatic carbocycles. The Morgan fingerprint density at radius 2 is 0.759 bits per heavy atom. The van der Waals surface area contributed by atoms with Crippen LogP contribution in [0.4, 0.5) is 8.78 Å². The first-order chi connectivity index (χ1) is 28.6. The minimum absolute atomic E-state index is 0.321. The molecule has 0 amide bonds. The van der Waals surface area contributed by atoms with Crippen molar-refractivity contribution in [3.8, 4) is 56.4 Å². The smallest absolute Gasteiger partial charge is 0.160 e. The van der Waals surface area contributed by atoms with E-state index < -0.39 is 0 Å². The van der Waals surface area contributed by atoms with Crippen LogP contribution in [0.25, 0.3) is 100 Å². The summed E-state index contributed by atoms with van der Waals surface area (Å²) in [5, 5.41) is 4.78. The molecule has 3 heterocycles. The molecule has 0 saturated carbocycles. The molecule has 0 fully saturated rings. The van der Waals surface area contributed by atoms with Crippen LogP contribution >= 0.6 is 0 Å². The van der Waals surface area contributed by atoms with Crippen molar-refractivity contribution in [3.05, 3.63) is 206 Å². The predicted octanol–water partition coefficient (Wildman–Crippen LogP) is 13.6. The summed E-state index contributed by atoms with van der Waals surface area (Å²) in [5.74, 6) is -0.198. The Balaban J connectivity index is 1.03. The van der Waals surface area contributed by atoms with Gasteiger partial charge in [0.1, 0.15) is 11.6 Å². The average Bonchev–Trinajstić information content (AvgIpc) is 3.79. The fourth-order valence-electron chi connectivity index (χ4n) is 8.31. The lowest BCUT2D eigenvalue weighted by Gasteiger charge is -2.12. The van der Waals surface area contributed by atoms with Gasteiger partial charge in [-0.1, -0.05) is 84.9 Å². The fourth-order valence-corrected chi connectivity index (χ4v) is 8.31. The Labute approximate surface area is 332 Å². The maximum Gasteiger partial charge on any atom is 0.160 e. The summed E-state index contributed by atoms with van der Waals surface area (Å²) < 4.78 is 32.4. The van der Waals surface area contributed by atoms with Crippen LogP contribution < -0.4 is 0 Å². The number of hydrogen-bond acceptors (Lipinski definition) is 2. The molecule has 0 N–H and O–H groups in total. The van der Waals surface area contributed by atoms with Crippen molar-refractivity contribution in [1.29, 1.82) is 0 Å². The van der Waals surface area contributed by atoms with Gasteiger partial charge in [-0.25, -0.2) is 18.7 Å². The molecule has 274 valence electrons. The van der Waals surface area contributed by atoms with E-state index in [0.29, 0.717) is 22.8 Å². The van der Waals surface area contributed by atoms with Crippen LogP contribution in [-0.4, -0.2) is 19.1 Å². The second kappa shape index (κ2) is 13.5. The van der Waals surface area contributed by atoms with Crippen LogP contribution in [-0.2, 0) is 0 Å². The number of aromatic nitrogens is 4. The van der Waals surface area contributed by atoms with Gasteiger partial charge in [0.25, 0.3) is 0 Å². The summed E-state index contributed by atoms with van der Waals surface area (Å²) in [4.78, 5) is 9.73. The van der Waals surface area contributed by atoms with Crippen LogP contribution in [0.5, 0.6) is 0 Å². The normalized spacial score (nSPS) is 11.6. The highest BCUT2D eigenvalue weighted by Gasteiger charge is 2.17. The first-order valence-electron chi connectivity index (χ1n) is 19.2. The van der Waals surface area contributed by atoms with Gasteiger partial charge < -0.3 is 9.13 Å². The maximum atomic E-state index is 13.9. The third kappa shape index (κ3) is 5.65. The summed E-state index contributed by atoms with van der Waals surface area (Å²) in [5.41, 5.74) is 12.7. The number of para-hydroxylation sites is 3. The van der Waals surface area contributed by atoms with Crippen molar-refractivity contribution in [2.24, 2.45) is 0 Å². The highest BCUT2D eigenvalue weighted by molar-refractivity contribution is 6.12. The van der Waals surface area contributed by atoms with Crippen molar-refractivity contribution < 1.29 is 8.78 Å². The van der Waals surface area contributed by atoms with Crippen molar-refractivity contribution in [1.82, 2.24) is 19.1 Å². The molecule has 0 saturated heterocycles. The lowest BCUT2D eigenvalue weighted by molar-refractivity contribution is 0.627. The summed E-state index contributed by atoms with van der Waals surface area (Å²) in [7, 11) is 0. The van der Waals surface area contributed by atoms with E-state index in [2.05, 4.69) is 149 Å². The van der Waals surface area contributed by atoms with Crippen LogP contribution in [0.1, 0.15) is 0 Å². The third-order valence-corrected chi connectivity index (χ3v) is 11.1. The molecule has 4 nitrogen and oxygen atoms in total. The van der Waals surface area contributed by atoms with Gasteiger partial charge in [-0.05, 0) is 120 Å². The zero-order chi connectivity index (χ0) is 38.7. The van der Waals surface area contributed by atoms with Crippen molar-refractivity contribution in [2.45, 2.75) is 0 Å². The van der Waals surface area contributed by atoms with Crippen molar-refractivity contribution in [2.75, 3.05) is 0 Å². The predicted molar refractivity (Wildman–Crippen MR) is 232 cm³/mol. The van der Waals surface area contributed by atoms with Crippen molar-refractivity contribution in [3.63, 3.8) is 0 Å². The summed E-state index contributed by atoms with van der Waals surface area (Å²) in [6.45, 7) is 0. The lowest BCUT2D eigenvalue weighted by atomic mass is 10.0. The van der Waals surface area contributed by atoms with Crippen molar-refractivity contribution >= 4 is 43.6 Å². The summed E-state index contributed by atoms with van der Waals surface area (Å²) >= 11 is 0. The molecule has 0 aliphatic heterocycles. The average molecular weight is 751 g/mol.